The van der Waals surface area contributed by atoms with Crippen LogP contribution in [0.15, 0.2) is 41.1 Å². The molecule has 6 heteroatoms. The smallest absolute Gasteiger partial charge is 0.310 e. The van der Waals surface area contributed by atoms with E-state index in [1.54, 1.807) is 19.3 Å². The standard InChI is InChI=1S/C19H20N2O4/c1-3-24-18(23)8-13-7-15-9-17(25-19(15)21-10-13)16(11-22)14-4-5-20-12(2)6-14/h4-7,9-10,16,22H,3,8,11H2,1-2H3. The zero-order valence-corrected chi connectivity index (χ0v) is 14.2. The molecule has 0 fully saturated rings. The Kier molecular flexibility index (Phi) is 5.09. The summed E-state index contributed by atoms with van der Waals surface area (Å²) in [6.45, 7) is 3.95. The topological polar surface area (TPSA) is 85.5 Å². The third kappa shape index (κ3) is 3.85. The average molecular weight is 340 g/mol. The van der Waals surface area contributed by atoms with Gasteiger partial charge in [-0.25, -0.2) is 4.98 Å². The van der Waals surface area contributed by atoms with E-state index in [1.165, 1.54) is 0 Å². The number of esters is 1. The van der Waals surface area contributed by atoms with Gasteiger partial charge in [0.15, 0.2) is 0 Å². The maximum atomic E-state index is 11.6. The van der Waals surface area contributed by atoms with Crippen LogP contribution in [0.25, 0.3) is 11.1 Å². The molecule has 1 unspecified atom stereocenters. The Labute approximate surface area is 145 Å². The lowest BCUT2D eigenvalue weighted by Crippen LogP contribution is -2.07. The summed E-state index contributed by atoms with van der Waals surface area (Å²) in [5.74, 6) is 0.0566. The number of nitrogens with zero attached hydrogens (tertiary/aromatic N) is 2. The molecule has 6 nitrogen and oxygen atoms in total. The lowest BCUT2D eigenvalue weighted by atomic mass is 9.97. The summed E-state index contributed by atoms with van der Waals surface area (Å²) in [5, 5.41) is 10.6. The van der Waals surface area contributed by atoms with Crippen molar-refractivity contribution >= 4 is 17.1 Å². The highest BCUT2D eigenvalue weighted by atomic mass is 16.5. The molecule has 0 radical (unpaired) electrons. The number of aliphatic hydroxyl groups excluding tert-OH is 1. The van der Waals surface area contributed by atoms with E-state index < -0.39 is 0 Å². The molecule has 0 spiro atoms. The molecule has 3 aromatic rings. The van der Waals surface area contributed by atoms with Crippen molar-refractivity contribution in [2.24, 2.45) is 0 Å². The second-order valence-corrected chi connectivity index (χ2v) is 5.83. The predicted octanol–water partition coefficient (Wildman–Crippen LogP) is 2.76. The number of hydrogen-bond acceptors (Lipinski definition) is 6. The Bertz CT molecular complexity index is 888. The number of carbonyl (C=O) groups excluding carboxylic acids is 1. The van der Waals surface area contributed by atoms with Crippen molar-refractivity contribution in [2.75, 3.05) is 13.2 Å². The summed E-state index contributed by atoms with van der Waals surface area (Å²) in [6, 6.07) is 7.50. The van der Waals surface area contributed by atoms with E-state index in [0.29, 0.717) is 18.1 Å². The van der Waals surface area contributed by atoms with Crippen LogP contribution in [-0.4, -0.2) is 34.3 Å². The van der Waals surface area contributed by atoms with Gasteiger partial charge in [-0.1, -0.05) is 0 Å². The van der Waals surface area contributed by atoms with Crippen LogP contribution in [0, 0.1) is 6.92 Å². The fourth-order valence-electron chi connectivity index (χ4n) is 2.79. The van der Waals surface area contributed by atoms with E-state index in [-0.39, 0.29) is 24.9 Å². The first-order valence-corrected chi connectivity index (χ1v) is 8.18. The first-order valence-electron chi connectivity index (χ1n) is 8.18. The number of rotatable bonds is 6. The van der Waals surface area contributed by atoms with Crippen LogP contribution in [0.5, 0.6) is 0 Å². The molecule has 0 saturated heterocycles. The van der Waals surface area contributed by atoms with Gasteiger partial charge in [0.2, 0.25) is 5.71 Å². The first kappa shape index (κ1) is 17.1. The molecule has 0 bridgehead atoms. The Morgan fingerprint density at radius 3 is 2.88 bits per heavy atom. The molecule has 0 aliphatic heterocycles. The van der Waals surface area contributed by atoms with E-state index in [1.807, 2.05) is 31.2 Å². The van der Waals surface area contributed by atoms with Gasteiger partial charge in [-0.3, -0.25) is 9.78 Å². The van der Waals surface area contributed by atoms with Crippen molar-refractivity contribution in [2.45, 2.75) is 26.2 Å². The van der Waals surface area contributed by atoms with Gasteiger partial charge in [0.1, 0.15) is 5.76 Å². The molecule has 0 saturated carbocycles. The summed E-state index contributed by atoms with van der Waals surface area (Å²) in [6.07, 6.45) is 3.49. The Morgan fingerprint density at radius 2 is 2.16 bits per heavy atom. The van der Waals surface area contributed by atoms with Crippen molar-refractivity contribution in [3.05, 3.63) is 59.2 Å². The molecule has 3 heterocycles. The number of aromatic nitrogens is 2. The SMILES string of the molecule is CCOC(=O)Cc1cnc2oc(C(CO)c3ccnc(C)c3)cc2c1. The van der Waals surface area contributed by atoms with E-state index >= 15 is 0 Å². The van der Waals surface area contributed by atoms with Crippen molar-refractivity contribution < 1.29 is 19.1 Å². The number of furan rings is 1. The van der Waals surface area contributed by atoms with Gasteiger partial charge in [-0.2, -0.15) is 0 Å². The Balaban J connectivity index is 1.90. The number of aryl methyl sites for hydroxylation is 1. The maximum absolute atomic E-state index is 11.6. The van der Waals surface area contributed by atoms with Gasteiger partial charge in [0.05, 0.1) is 25.6 Å². The number of ether oxygens (including phenoxy) is 1. The zero-order valence-electron chi connectivity index (χ0n) is 14.2. The summed E-state index contributed by atoms with van der Waals surface area (Å²) in [4.78, 5) is 20.1. The quantitative estimate of drug-likeness (QED) is 0.695. The van der Waals surface area contributed by atoms with Gasteiger partial charge in [-0.05, 0) is 49.2 Å². The average Bonchev–Trinajstić information content (AvgIpc) is 2.98. The van der Waals surface area contributed by atoms with Crippen LogP contribution >= 0.6 is 0 Å². The highest BCUT2D eigenvalue weighted by Crippen LogP contribution is 2.29. The van der Waals surface area contributed by atoms with Crippen molar-refractivity contribution in [3.63, 3.8) is 0 Å². The molecule has 0 aliphatic carbocycles. The van der Waals surface area contributed by atoms with Crippen LogP contribution in [-0.2, 0) is 16.0 Å². The third-order valence-electron chi connectivity index (χ3n) is 3.95. The van der Waals surface area contributed by atoms with Gasteiger partial charge >= 0.3 is 5.97 Å². The molecule has 130 valence electrons. The minimum atomic E-state index is -0.288. The van der Waals surface area contributed by atoms with Crippen LogP contribution in [0.3, 0.4) is 0 Å². The second-order valence-electron chi connectivity index (χ2n) is 5.83. The van der Waals surface area contributed by atoms with Crippen molar-refractivity contribution in [1.82, 2.24) is 9.97 Å². The maximum Gasteiger partial charge on any atom is 0.310 e. The van der Waals surface area contributed by atoms with Crippen LogP contribution in [0.2, 0.25) is 0 Å². The highest BCUT2D eigenvalue weighted by molar-refractivity contribution is 5.78. The minimum absolute atomic E-state index is 0.0844. The summed E-state index contributed by atoms with van der Waals surface area (Å²) in [7, 11) is 0. The highest BCUT2D eigenvalue weighted by Gasteiger charge is 2.19. The van der Waals surface area contributed by atoms with E-state index in [4.69, 9.17) is 9.15 Å². The molecule has 3 aromatic heterocycles. The normalized spacial score (nSPS) is 12.3. The monoisotopic (exact) mass is 340 g/mol. The molecule has 1 atom stereocenters. The third-order valence-corrected chi connectivity index (χ3v) is 3.95. The molecule has 0 aliphatic rings. The number of aliphatic hydroxyl groups is 1. The van der Waals surface area contributed by atoms with E-state index in [2.05, 4.69) is 9.97 Å². The van der Waals surface area contributed by atoms with Gasteiger partial charge in [0.25, 0.3) is 0 Å². The van der Waals surface area contributed by atoms with Crippen LogP contribution < -0.4 is 0 Å². The van der Waals surface area contributed by atoms with Crippen LogP contribution in [0.1, 0.15) is 35.4 Å². The molecule has 0 amide bonds. The summed E-state index contributed by atoms with van der Waals surface area (Å²) >= 11 is 0. The van der Waals surface area contributed by atoms with Gasteiger partial charge < -0.3 is 14.3 Å². The molecule has 1 N–H and O–H groups in total. The molecule has 0 aromatic carbocycles. The predicted molar refractivity (Wildman–Crippen MR) is 92.2 cm³/mol. The summed E-state index contributed by atoms with van der Waals surface area (Å²) in [5.41, 5.74) is 3.05. The fourth-order valence-corrected chi connectivity index (χ4v) is 2.79. The van der Waals surface area contributed by atoms with Crippen molar-refractivity contribution in [3.8, 4) is 0 Å². The zero-order chi connectivity index (χ0) is 17.8. The molecular weight excluding hydrogens is 320 g/mol. The molecule has 25 heavy (non-hydrogen) atoms. The molecule has 3 rings (SSSR count). The lowest BCUT2D eigenvalue weighted by Gasteiger charge is -2.11. The lowest BCUT2D eigenvalue weighted by molar-refractivity contribution is -0.142. The van der Waals surface area contributed by atoms with Crippen LogP contribution in [0.4, 0.5) is 0 Å². The van der Waals surface area contributed by atoms with Crippen molar-refractivity contribution in [1.29, 1.82) is 0 Å². The Morgan fingerprint density at radius 1 is 1.32 bits per heavy atom. The number of fused-ring (bicyclic) bond motifs is 1. The molecular formula is C19H20N2O4. The van der Waals surface area contributed by atoms with Gasteiger partial charge in [0, 0.05) is 23.5 Å². The number of carbonyl (C=O) groups is 1. The Hall–Kier alpha value is -2.73. The van der Waals surface area contributed by atoms with Gasteiger partial charge in [-0.15, -0.1) is 0 Å². The minimum Gasteiger partial charge on any atom is -0.466 e. The summed E-state index contributed by atoms with van der Waals surface area (Å²) < 4.78 is 10.8. The first-order chi connectivity index (χ1) is 12.1. The number of hydrogen-bond donors (Lipinski definition) is 1. The fraction of sp³-hybridized carbons (Fsp3) is 0.316. The largest absolute Gasteiger partial charge is 0.466 e. The van der Waals surface area contributed by atoms with E-state index in [0.717, 1.165) is 22.2 Å². The number of pyridine rings is 2. The van der Waals surface area contributed by atoms with E-state index in [9.17, 15) is 9.90 Å². The second kappa shape index (κ2) is 7.44.